The largest absolute Gasteiger partial charge is 0.360 e. The standard InChI is InChI=1S/C29H30ClN7O2/c1-3-26(38)34-20-10-8-18(9-11-20)17-37(2)28(39)19-12-21(14-31-13-19)35-29-33-16-24(30)27(36-29)23-15-32-25-7-5-4-6-22(23)25/h3-11,15-16,19,21,31-32H,1,12-14,17H2,2H3,(H,34,38)(H,33,35,36)/t19-,21-/m1/s1. The van der Waals surface area contributed by atoms with Crippen LogP contribution in [-0.2, 0) is 16.1 Å². The van der Waals surface area contributed by atoms with Crippen LogP contribution >= 0.6 is 11.6 Å². The summed E-state index contributed by atoms with van der Waals surface area (Å²) < 4.78 is 0. The lowest BCUT2D eigenvalue weighted by molar-refractivity contribution is -0.135. The average molecular weight is 544 g/mol. The van der Waals surface area contributed by atoms with E-state index in [0.29, 0.717) is 48.4 Å². The second-order valence-corrected chi connectivity index (χ2v) is 10.1. The summed E-state index contributed by atoms with van der Waals surface area (Å²) in [4.78, 5) is 38.9. The van der Waals surface area contributed by atoms with E-state index in [0.717, 1.165) is 22.0 Å². The molecule has 2 atom stereocenters. The van der Waals surface area contributed by atoms with Crippen LogP contribution < -0.4 is 16.0 Å². The van der Waals surface area contributed by atoms with Crippen LogP contribution in [0.25, 0.3) is 22.2 Å². The van der Waals surface area contributed by atoms with Gasteiger partial charge in [-0.2, -0.15) is 0 Å². The lowest BCUT2D eigenvalue weighted by atomic mass is 9.94. The summed E-state index contributed by atoms with van der Waals surface area (Å²) in [7, 11) is 1.81. The molecule has 2 amide bonds. The van der Waals surface area contributed by atoms with Crippen LogP contribution in [0, 0.1) is 5.92 Å². The van der Waals surface area contributed by atoms with Crippen LogP contribution in [-0.4, -0.2) is 57.8 Å². The molecule has 2 aromatic carbocycles. The van der Waals surface area contributed by atoms with Gasteiger partial charge in [-0.15, -0.1) is 0 Å². The first-order valence-electron chi connectivity index (χ1n) is 12.7. The van der Waals surface area contributed by atoms with Crippen molar-refractivity contribution in [2.45, 2.75) is 19.0 Å². The lowest BCUT2D eigenvalue weighted by Gasteiger charge is -2.32. The summed E-state index contributed by atoms with van der Waals surface area (Å²) in [6, 6.07) is 15.4. The van der Waals surface area contributed by atoms with Gasteiger partial charge in [0.1, 0.15) is 0 Å². The highest BCUT2D eigenvalue weighted by molar-refractivity contribution is 6.33. The van der Waals surface area contributed by atoms with E-state index in [1.54, 1.807) is 11.1 Å². The van der Waals surface area contributed by atoms with Gasteiger partial charge in [-0.1, -0.05) is 48.5 Å². The first kappa shape index (κ1) is 26.4. The number of fused-ring (bicyclic) bond motifs is 1. The minimum absolute atomic E-state index is 0.0224. The number of carbonyl (C=O) groups excluding carboxylic acids is 2. The molecule has 1 aliphatic rings. The predicted octanol–water partition coefficient (Wildman–Crippen LogP) is 4.45. The van der Waals surface area contributed by atoms with Crippen LogP contribution in [0.5, 0.6) is 0 Å². The number of piperidine rings is 1. The van der Waals surface area contributed by atoms with Crippen molar-refractivity contribution in [3.8, 4) is 11.3 Å². The van der Waals surface area contributed by atoms with Crippen LogP contribution in [0.15, 0.2) is 73.6 Å². The third-order valence-electron chi connectivity index (χ3n) is 6.82. The van der Waals surface area contributed by atoms with Crippen molar-refractivity contribution in [2.24, 2.45) is 5.92 Å². The van der Waals surface area contributed by atoms with Gasteiger partial charge < -0.3 is 25.8 Å². The van der Waals surface area contributed by atoms with E-state index in [1.165, 1.54) is 6.08 Å². The fourth-order valence-electron chi connectivity index (χ4n) is 4.87. The van der Waals surface area contributed by atoms with E-state index in [2.05, 4.69) is 32.5 Å². The Morgan fingerprint density at radius 2 is 1.97 bits per heavy atom. The minimum atomic E-state index is -0.263. The third-order valence-corrected chi connectivity index (χ3v) is 7.10. The lowest BCUT2D eigenvalue weighted by Crippen LogP contribution is -2.48. The van der Waals surface area contributed by atoms with E-state index < -0.39 is 0 Å². The van der Waals surface area contributed by atoms with E-state index >= 15 is 0 Å². The number of anilines is 2. The molecule has 1 saturated heterocycles. The summed E-state index contributed by atoms with van der Waals surface area (Å²) in [6.07, 6.45) is 5.38. The molecule has 9 nitrogen and oxygen atoms in total. The number of aromatic nitrogens is 3. The number of nitrogens with one attached hydrogen (secondary N) is 4. The van der Waals surface area contributed by atoms with Crippen LogP contribution in [0.3, 0.4) is 0 Å². The highest BCUT2D eigenvalue weighted by Gasteiger charge is 2.29. The number of halogens is 1. The van der Waals surface area contributed by atoms with Crippen molar-refractivity contribution in [3.63, 3.8) is 0 Å². The molecule has 0 radical (unpaired) electrons. The number of hydrogen-bond donors (Lipinski definition) is 4. The molecule has 5 rings (SSSR count). The van der Waals surface area contributed by atoms with Crippen molar-refractivity contribution < 1.29 is 9.59 Å². The second kappa shape index (κ2) is 11.7. The van der Waals surface area contributed by atoms with Gasteiger partial charge in [0, 0.05) is 61.1 Å². The Kier molecular flexibility index (Phi) is 7.90. The fourth-order valence-corrected chi connectivity index (χ4v) is 5.06. The van der Waals surface area contributed by atoms with Gasteiger partial charge >= 0.3 is 0 Å². The van der Waals surface area contributed by atoms with Crippen molar-refractivity contribution >= 4 is 46.0 Å². The molecule has 1 aliphatic heterocycles. The normalized spacial score (nSPS) is 17.0. The minimum Gasteiger partial charge on any atom is -0.360 e. The zero-order chi connectivity index (χ0) is 27.4. The molecular formula is C29H30ClN7O2. The summed E-state index contributed by atoms with van der Waals surface area (Å²) in [5.41, 5.74) is 4.22. The maximum Gasteiger partial charge on any atom is 0.247 e. The Bertz CT molecular complexity index is 1500. The Morgan fingerprint density at radius 3 is 2.77 bits per heavy atom. The quantitative estimate of drug-likeness (QED) is 0.244. The second-order valence-electron chi connectivity index (χ2n) is 9.65. The van der Waals surface area contributed by atoms with Crippen LogP contribution in [0.2, 0.25) is 5.02 Å². The highest BCUT2D eigenvalue weighted by Crippen LogP contribution is 2.32. The Hall–Kier alpha value is -4.21. The molecule has 0 bridgehead atoms. The molecule has 200 valence electrons. The molecule has 2 aromatic heterocycles. The summed E-state index contributed by atoms with van der Waals surface area (Å²) in [5, 5.41) is 11.0. The maximum atomic E-state index is 13.3. The van der Waals surface area contributed by atoms with Gasteiger partial charge in [0.15, 0.2) is 0 Å². The molecule has 39 heavy (non-hydrogen) atoms. The number of aromatic amines is 1. The zero-order valence-corrected chi connectivity index (χ0v) is 22.3. The number of carbonyl (C=O) groups is 2. The predicted molar refractivity (Wildman–Crippen MR) is 154 cm³/mol. The zero-order valence-electron chi connectivity index (χ0n) is 21.6. The molecule has 1 fully saturated rings. The monoisotopic (exact) mass is 543 g/mol. The molecule has 3 heterocycles. The SMILES string of the molecule is C=CC(=O)Nc1ccc(CN(C)C(=O)[C@H]2CNC[C@H](Nc3ncc(Cl)c(-c4c[nH]c5ccccc45)n3)C2)cc1. The van der Waals surface area contributed by atoms with Crippen molar-refractivity contribution in [1.29, 1.82) is 0 Å². The summed E-state index contributed by atoms with van der Waals surface area (Å²) >= 11 is 6.48. The molecule has 0 aliphatic carbocycles. The number of amides is 2. The van der Waals surface area contributed by atoms with Crippen molar-refractivity contribution in [3.05, 3.63) is 84.2 Å². The Morgan fingerprint density at radius 1 is 1.18 bits per heavy atom. The van der Waals surface area contributed by atoms with E-state index in [-0.39, 0.29) is 23.8 Å². The molecule has 4 N–H and O–H groups in total. The average Bonchev–Trinajstić information content (AvgIpc) is 3.39. The van der Waals surface area contributed by atoms with Crippen LogP contribution in [0.4, 0.5) is 11.6 Å². The van der Waals surface area contributed by atoms with Gasteiger partial charge in [0.25, 0.3) is 0 Å². The van der Waals surface area contributed by atoms with Crippen molar-refractivity contribution in [2.75, 3.05) is 30.8 Å². The smallest absolute Gasteiger partial charge is 0.247 e. The van der Waals surface area contributed by atoms with Gasteiger partial charge in [-0.05, 0) is 36.3 Å². The molecule has 0 spiro atoms. The topological polar surface area (TPSA) is 115 Å². The Balaban J connectivity index is 1.22. The van der Waals surface area contributed by atoms with Crippen molar-refractivity contribution in [1.82, 2.24) is 25.2 Å². The van der Waals surface area contributed by atoms with E-state index in [1.807, 2.05) is 61.8 Å². The molecule has 0 saturated carbocycles. The van der Waals surface area contributed by atoms with Crippen LogP contribution in [0.1, 0.15) is 12.0 Å². The Labute approximate surface area is 231 Å². The number of para-hydroxylation sites is 1. The first-order valence-corrected chi connectivity index (χ1v) is 13.1. The maximum absolute atomic E-state index is 13.3. The third kappa shape index (κ3) is 6.10. The van der Waals surface area contributed by atoms with E-state index in [4.69, 9.17) is 16.6 Å². The molecule has 4 aromatic rings. The summed E-state index contributed by atoms with van der Waals surface area (Å²) in [6.45, 7) is 5.23. The molecule has 10 heteroatoms. The molecular weight excluding hydrogens is 514 g/mol. The van der Waals surface area contributed by atoms with Gasteiger partial charge in [-0.25, -0.2) is 9.97 Å². The first-order chi connectivity index (χ1) is 18.9. The number of benzene rings is 2. The number of hydrogen-bond acceptors (Lipinski definition) is 6. The number of rotatable bonds is 8. The van der Waals surface area contributed by atoms with Gasteiger partial charge in [0.2, 0.25) is 17.8 Å². The van der Waals surface area contributed by atoms with E-state index in [9.17, 15) is 9.59 Å². The highest BCUT2D eigenvalue weighted by atomic mass is 35.5. The van der Waals surface area contributed by atoms with Gasteiger partial charge in [-0.3, -0.25) is 9.59 Å². The number of nitrogens with zero attached hydrogens (tertiary/aromatic N) is 3. The summed E-state index contributed by atoms with van der Waals surface area (Å²) in [5.74, 6) is 0.0834. The number of H-pyrrole nitrogens is 1. The van der Waals surface area contributed by atoms with Gasteiger partial charge in [0.05, 0.1) is 22.8 Å². The molecule has 0 unspecified atom stereocenters. The fraction of sp³-hybridized carbons (Fsp3) is 0.241.